The van der Waals surface area contributed by atoms with E-state index in [0.717, 1.165) is 0 Å². The predicted molar refractivity (Wildman–Crippen MR) is 141 cm³/mol. The monoisotopic (exact) mass is 512 g/mol. The van der Waals surface area contributed by atoms with Crippen LogP contribution in [0.4, 0.5) is 15.8 Å². The lowest BCUT2D eigenvalue weighted by molar-refractivity contribution is -0.110. The molecule has 1 aliphatic heterocycles. The minimum atomic E-state index is -1.06. The lowest BCUT2D eigenvalue weighted by atomic mass is 10.0. The number of aromatic carboxylic acids is 1. The predicted octanol–water partition coefficient (Wildman–Crippen LogP) is 4.57. The summed E-state index contributed by atoms with van der Waals surface area (Å²) in [6.07, 6.45) is 4.32. The normalized spacial score (nSPS) is 13.3. The molecule has 1 aliphatic rings. The highest BCUT2D eigenvalue weighted by atomic mass is 19.1. The lowest BCUT2D eigenvalue weighted by Gasteiger charge is -2.08. The van der Waals surface area contributed by atoms with E-state index < -0.39 is 23.1 Å². The van der Waals surface area contributed by atoms with Crippen LogP contribution in [0.3, 0.4) is 0 Å². The van der Waals surface area contributed by atoms with E-state index in [0.29, 0.717) is 45.0 Å². The van der Waals surface area contributed by atoms with Crippen molar-refractivity contribution in [3.8, 4) is 11.1 Å². The summed E-state index contributed by atoms with van der Waals surface area (Å²) in [6, 6.07) is 10.2. The maximum Gasteiger partial charge on any atom is 0.337 e. The molecule has 2 amide bonds. The Morgan fingerprint density at radius 3 is 2.42 bits per heavy atom. The van der Waals surface area contributed by atoms with E-state index in [1.54, 1.807) is 38.1 Å². The zero-order valence-electron chi connectivity index (χ0n) is 20.2. The van der Waals surface area contributed by atoms with Gasteiger partial charge in [0.15, 0.2) is 0 Å². The van der Waals surface area contributed by atoms with E-state index in [2.05, 4.69) is 20.6 Å². The molecule has 0 saturated carbocycles. The second-order valence-electron chi connectivity index (χ2n) is 8.81. The first kappa shape index (κ1) is 24.4. The van der Waals surface area contributed by atoms with Gasteiger partial charge in [0.1, 0.15) is 11.4 Å². The number of aromatic amines is 2. The molecule has 3 heterocycles. The van der Waals surface area contributed by atoms with Crippen molar-refractivity contribution in [2.75, 3.05) is 10.6 Å². The van der Waals surface area contributed by atoms with Gasteiger partial charge in [-0.25, -0.2) is 9.18 Å². The van der Waals surface area contributed by atoms with Crippen LogP contribution >= 0.6 is 0 Å². The number of pyridine rings is 1. The van der Waals surface area contributed by atoms with Gasteiger partial charge >= 0.3 is 5.97 Å². The van der Waals surface area contributed by atoms with Crippen LogP contribution in [0.15, 0.2) is 59.7 Å². The number of hydrogen-bond donors (Lipinski definition) is 5. The highest BCUT2D eigenvalue weighted by Crippen LogP contribution is 2.36. The number of amides is 2. The number of carboxylic acid groups (broad SMARTS) is 1. The largest absolute Gasteiger partial charge is 0.478 e. The van der Waals surface area contributed by atoms with Crippen LogP contribution in [0.2, 0.25) is 0 Å². The smallest absolute Gasteiger partial charge is 0.337 e. The Balaban J connectivity index is 1.42. The number of benzene rings is 2. The van der Waals surface area contributed by atoms with Crippen molar-refractivity contribution in [3.63, 3.8) is 0 Å². The molecule has 0 atom stereocenters. The number of halogens is 1. The van der Waals surface area contributed by atoms with Gasteiger partial charge in [-0.3, -0.25) is 14.4 Å². The number of fused-ring (bicyclic) bond motifs is 1. The molecule has 2 aromatic heterocycles. The van der Waals surface area contributed by atoms with Gasteiger partial charge in [-0.1, -0.05) is 18.2 Å². The number of carbonyl (C=O) groups excluding carboxylic acids is 2. The molecule has 0 saturated heterocycles. The minimum Gasteiger partial charge on any atom is -0.478 e. The van der Waals surface area contributed by atoms with Crippen LogP contribution in [0, 0.1) is 19.7 Å². The summed E-state index contributed by atoms with van der Waals surface area (Å²) < 4.78 is 13.3. The van der Waals surface area contributed by atoms with Crippen molar-refractivity contribution in [1.82, 2.24) is 9.97 Å². The molecule has 5 N–H and O–H groups in total. The van der Waals surface area contributed by atoms with Gasteiger partial charge < -0.3 is 25.7 Å². The van der Waals surface area contributed by atoms with Crippen LogP contribution in [0.5, 0.6) is 0 Å². The SMILES string of the molecule is Cc1[nH]c(/C=C2\C(=O)Nc3cc(NC(=O)c4c[nH]cc(-c5ccc(F)cc5)c4=O)ccc32)c(C)c1C(=O)O. The lowest BCUT2D eigenvalue weighted by Crippen LogP contribution is -2.22. The molecule has 9 nitrogen and oxygen atoms in total. The van der Waals surface area contributed by atoms with Crippen LogP contribution in [0.1, 0.15) is 43.2 Å². The second kappa shape index (κ2) is 9.32. The number of nitrogens with one attached hydrogen (secondary N) is 4. The van der Waals surface area contributed by atoms with Crippen molar-refractivity contribution in [1.29, 1.82) is 0 Å². The Morgan fingerprint density at radius 1 is 1.00 bits per heavy atom. The van der Waals surface area contributed by atoms with Gasteiger partial charge in [0, 0.05) is 40.6 Å². The number of hydrogen-bond acceptors (Lipinski definition) is 4. The highest BCUT2D eigenvalue weighted by Gasteiger charge is 2.26. The van der Waals surface area contributed by atoms with Crippen molar-refractivity contribution < 1.29 is 23.9 Å². The average molecular weight is 512 g/mol. The van der Waals surface area contributed by atoms with Gasteiger partial charge in [-0.15, -0.1) is 0 Å². The van der Waals surface area contributed by atoms with Gasteiger partial charge in [0.05, 0.1) is 16.8 Å². The van der Waals surface area contributed by atoms with Crippen molar-refractivity contribution in [2.45, 2.75) is 13.8 Å². The molecule has 2 aromatic carbocycles. The molecule has 0 spiro atoms. The summed E-state index contributed by atoms with van der Waals surface area (Å²) in [5.41, 5.74) is 3.40. The Morgan fingerprint density at radius 2 is 1.74 bits per heavy atom. The highest BCUT2D eigenvalue weighted by molar-refractivity contribution is 6.35. The van der Waals surface area contributed by atoms with E-state index >= 15 is 0 Å². The molecule has 38 heavy (non-hydrogen) atoms. The number of aryl methyl sites for hydroxylation is 1. The summed E-state index contributed by atoms with van der Waals surface area (Å²) >= 11 is 0. The number of rotatable bonds is 5. The van der Waals surface area contributed by atoms with E-state index in [9.17, 15) is 28.7 Å². The average Bonchev–Trinajstić information content (AvgIpc) is 3.33. The summed E-state index contributed by atoms with van der Waals surface area (Å²) in [5, 5.41) is 14.8. The zero-order chi connectivity index (χ0) is 27.1. The number of carbonyl (C=O) groups is 3. The molecule has 10 heteroatoms. The number of H-pyrrole nitrogens is 2. The third-order valence-corrected chi connectivity index (χ3v) is 6.38. The molecule has 5 rings (SSSR count). The van der Waals surface area contributed by atoms with E-state index in [4.69, 9.17) is 0 Å². The molecule has 0 bridgehead atoms. The Bertz CT molecular complexity index is 1730. The number of anilines is 2. The Kier molecular flexibility index (Phi) is 6.00. The molecule has 0 fully saturated rings. The van der Waals surface area contributed by atoms with Gasteiger partial charge in [-0.05, 0) is 55.3 Å². The molecule has 0 aliphatic carbocycles. The molecule has 0 radical (unpaired) electrons. The van der Waals surface area contributed by atoms with Crippen LogP contribution < -0.4 is 16.1 Å². The standard InChI is InChI=1S/C28H21FN4O5/c1-13-22(31-14(2)24(13)28(37)38)10-19-18-8-7-17(9-23(18)33-26(19)35)32-27(36)21-12-30-11-20(25(21)34)15-3-5-16(29)6-4-15/h3-12,31H,1-2H3,(H,30,34)(H,32,36)(H,33,35)(H,37,38)/b19-10-. The summed E-state index contributed by atoms with van der Waals surface area (Å²) in [6.45, 7) is 3.31. The summed E-state index contributed by atoms with van der Waals surface area (Å²) in [5.74, 6) is -2.53. The summed E-state index contributed by atoms with van der Waals surface area (Å²) in [4.78, 5) is 55.9. The zero-order valence-corrected chi connectivity index (χ0v) is 20.2. The Labute approximate surface area is 215 Å². The molecular formula is C28H21FN4O5. The quantitative estimate of drug-likeness (QED) is 0.249. The van der Waals surface area contributed by atoms with Gasteiger partial charge in [0.2, 0.25) is 5.43 Å². The fourth-order valence-corrected chi connectivity index (χ4v) is 4.49. The minimum absolute atomic E-state index is 0.135. The molecule has 190 valence electrons. The first-order chi connectivity index (χ1) is 18.1. The fraction of sp³-hybridized carbons (Fsp3) is 0.0714. The summed E-state index contributed by atoms with van der Waals surface area (Å²) in [7, 11) is 0. The van der Waals surface area contributed by atoms with Crippen molar-refractivity contribution in [3.05, 3.63) is 105 Å². The first-order valence-electron chi connectivity index (χ1n) is 11.5. The van der Waals surface area contributed by atoms with Crippen LogP contribution in [-0.4, -0.2) is 32.9 Å². The third-order valence-electron chi connectivity index (χ3n) is 6.38. The van der Waals surface area contributed by atoms with E-state index in [1.165, 1.54) is 36.7 Å². The second-order valence-corrected chi connectivity index (χ2v) is 8.81. The van der Waals surface area contributed by atoms with Gasteiger partial charge in [0.25, 0.3) is 11.8 Å². The maximum atomic E-state index is 13.3. The fourth-order valence-electron chi connectivity index (χ4n) is 4.49. The number of aromatic nitrogens is 2. The van der Waals surface area contributed by atoms with E-state index in [1.807, 2.05) is 0 Å². The molecular weight excluding hydrogens is 491 g/mol. The Hall–Kier alpha value is -5.25. The van der Waals surface area contributed by atoms with Crippen LogP contribution in [0.25, 0.3) is 22.8 Å². The first-order valence-corrected chi connectivity index (χ1v) is 11.5. The topological polar surface area (TPSA) is 144 Å². The van der Waals surface area contributed by atoms with Crippen molar-refractivity contribution in [2.24, 2.45) is 0 Å². The van der Waals surface area contributed by atoms with Crippen LogP contribution in [-0.2, 0) is 4.79 Å². The van der Waals surface area contributed by atoms with Crippen molar-refractivity contribution >= 4 is 40.8 Å². The third kappa shape index (κ3) is 4.28. The number of carboxylic acids is 1. The molecule has 0 unspecified atom stereocenters. The maximum absolute atomic E-state index is 13.3. The molecule has 4 aromatic rings. The van der Waals surface area contributed by atoms with Gasteiger partial charge in [-0.2, -0.15) is 0 Å². The van der Waals surface area contributed by atoms with E-state index in [-0.39, 0.29) is 22.6 Å².